The largest absolute Gasteiger partial charge is 0.350 e. The molecule has 132 valence electrons. The van der Waals surface area contributed by atoms with E-state index in [9.17, 15) is 4.79 Å². The number of amides is 1. The lowest BCUT2D eigenvalue weighted by Crippen LogP contribution is -2.34. The van der Waals surface area contributed by atoms with Gasteiger partial charge in [-0.25, -0.2) is 0 Å². The van der Waals surface area contributed by atoms with Crippen LogP contribution in [0.15, 0.2) is 34.9 Å². The van der Waals surface area contributed by atoms with Crippen LogP contribution in [0.4, 0.5) is 0 Å². The summed E-state index contributed by atoms with van der Waals surface area (Å²) in [4.78, 5) is 14.0. The third kappa shape index (κ3) is 5.08. The quantitative estimate of drug-likeness (QED) is 0.864. The first-order valence-corrected chi connectivity index (χ1v) is 7.93. The highest BCUT2D eigenvalue weighted by Gasteiger charge is 2.19. The molecule has 1 atom stereocenters. The lowest BCUT2D eigenvalue weighted by Gasteiger charge is -2.20. The van der Waals surface area contributed by atoms with E-state index in [1.165, 1.54) is 5.56 Å². The Labute approximate surface area is 149 Å². The molecule has 5 nitrogen and oxygen atoms in total. The number of rotatable bonds is 6. The number of benzene rings is 1. The Bertz CT molecular complexity index is 653. The van der Waals surface area contributed by atoms with Gasteiger partial charge in [0.2, 0.25) is 5.76 Å². The van der Waals surface area contributed by atoms with Gasteiger partial charge in [-0.2, -0.15) is 0 Å². The zero-order chi connectivity index (χ0) is 17.0. The first-order valence-electron chi connectivity index (χ1n) is 7.93. The third-order valence-corrected chi connectivity index (χ3v) is 4.07. The number of aryl methyl sites for hydroxylation is 1. The second-order valence-corrected chi connectivity index (χ2v) is 6.37. The summed E-state index contributed by atoms with van der Waals surface area (Å²) in [5.74, 6) is 0.477. The van der Waals surface area contributed by atoms with Gasteiger partial charge in [-0.05, 0) is 19.3 Å². The molecular weight excluding hydrogens is 326 g/mol. The summed E-state index contributed by atoms with van der Waals surface area (Å²) in [5.41, 5.74) is 8.80. The first kappa shape index (κ1) is 20.2. The maximum Gasteiger partial charge on any atom is 0.292 e. The van der Waals surface area contributed by atoms with E-state index in [1.54, 1.807) is 18.0 Å². The fraction of sp³-hybridized carbons (Fsp3) is 0.444. The Hall–Kier alpha value is -1.85. The van der Waals surface area contributed by atoms with E-state index in [-0.39, 0.29) is 30.1 Å². The standard InChI is InChI=1S/C18H25N3O2.ClH/c1-12(2)15(19)9-10-21(4)18(22)17-11-16(20-23-17)14-7-5-13(3)6-8-14;/h5-8,11-12,15H,9-10,19H2,1-4H3;1H. The molecule has 1 amide bonds. The molecule has 0 bridgehead atoms. The maximum absolute atomic E-state index is 12.4. The summed E-state index contributed by atoms with van der Waals surface area (Å²) in [6.45, 7) is 6.78. The van der Waals surface area contributed by atoms with Crippen molar-refractivity contribution in [2.75, 3.05) is 13.6 Å². The smallest absolute Gasteiger partial charge is 0.292 e. The molecule has 0 spiro atoms. The zero-order valence-electron chi connectivity index (χ0n) is 14.7. The molecule has 0 radical (unpaired) electrons. The van der Waals surface area contributed by atoms with Crippen LogP contribution in [-0.2, 0) is 0 Å². The molecule has 1 aromatic heterocycles. The number of hydrogen-bond donors (Lipinski definition) is 1. The average molecular weight is 352 g/mol. The van der Waals surface area contributed by atoms with Gasteiger partial charge in [0, 0.05) is 31.3 Å². The van der Waals surface area contributed by atoms with E-state index >= 15 is 0 Å². The van der Waals surface area contributed by atoms with Gasteiger partial charge in [0.15, 0.2) is 0 Å². The molecule has 2 aromatic rings. The van der Waals surface area contributed by atoms with Gasteiger partial charge >= 0.3 is 0 Å². The maximum atomic E-state index is 12.4. The Morgan fingerprint density at radius 1 is 1.29 bits per heavy atom. The SMILES string of the molecule is Cc1ccc(-c2cc(C(=O)N(C)CCC(N)C(C)C)on2)cc1.Cl. The fourth-order valence-corrected chi connectivity index (χ4v) is 2.20. The predicted octanol–water partition coefficient (Wildman–Crippen LogP) is 3.52. The molecule has 0 aliphatic carbocycles. The summed E-state index contributed by atoms with van der Waals surface area (Å²) in [5, 5.41) is 4.00. The van der Waals surface area contributed by atoms with E-state index < -0.39 is 0 Å². The fourth-order valence-electron chi connectivity index (χ4n) is 2.20. The second kappa shape index (κ2) is 8.85. The molecule has 0 saturated carbocycles. The summed E-state index contributed by atoms with van der Waals surface area (Å²) >= 11 is 0. The van der Waals surface area contributed by atoms with E-state index in [0.717, 1.165) is 12.0 Å². The number of carbonyl (C=O) groups excluding carboxylic acids is 1. The van der Waals surface area contributed by atoms with Gasteiger partial charge in [-0.15, -0.1) is 12.4 Å². The van der Waals surface area contributed by atoms with Gasteiger partial charge in [0.25, 0.3) is 5.91 Å². The van der Waals surface area contributed by atoms with Crippen LogP contribution < -0.4 is 5.73 Å². The minimum absolute atomic E-state index is 0. The number of halogens is 1. The number of nitrogens with two attached hydrogens (primary N) is 1. The van der Waals surface area contributed by atoms with Gasteiger partial charge in [0.1, 0.15) is 5.69 Å². The molecule has 1 unspecified atom stereocenters. The van der Waals surface area contributed by atoms with Crippen molar-refractivity contribution in [2.45, 2.75) is 33.2 Å². The van der Waals surface area contributed by atoms with E-state index in [2.05, 4.69) is 19.0 Å². The van der Waals surface area contributed by atoms with Crippen LogP contribution in [0, 0.1) is 12.8 Å². The van der Waals surface area contributed by atoms with E-state index in [0.29, 0.717) is 18.2 Å². The van der Waals surface area contributed by atoms with Crippen molar-refractivity contribution in [3.63, 3.8) is 0 Å². The van der Waals surface area contributed by atoms with Crippen molar-refractivity contribution in [1.82, 2.24) is 10.1 Å². The van der Waals surface area contributed by atoms with E-state index in [4.69, 9.17) is 10.3 Å². The normalized spacial score (nSPS) is 11.9. The topological polar surface area (TPSA) is 72.4 Å². The average Bonchev–Trinajstić information content (AvgIpc) is 3.01. The number of aromatic nitrogens is 1. The highest BCUT2D eigenvalue weighted by atomic mass is 35.5. The lowest BCUT2D eigenvalue weighted by atomic mass is 10.0. The molecule has 6 heteroatoms. The minimum atomic E-state index is -0.174. The minimum Gasteiger partial charge on any atom is -0.350 e. The molecule has 0 fully saturated rings. The van der Waals surface area contributed by atoms with Crippen LogP contribution in [0.2, 0.25) is 0 Å². The van der Waals surface area contributed by atoms with Crippen molar-refractivity contribution in [1.29, 1.82) is 0 Å². The van der Waals surface area contributed by atoms with Gasteiger partial charge in [0.05, 0.1) is 0 Å². The van der Waals surface area contributed by atoms with Crippen LogP contribution in [0.1, 0.15) is 36.4 Å². The van der Waals surface area contributed by atoms with Crippen molar-refractivity contribution >= 4 is 18.3 Å². The van der Waals surface area contributed by atoms with Gasteiger partial charge < -0.3 is 15.2 Å². The number of carbonyl (C=O) groups is 1. The van der Waals surface area contributed by atoms with Gasteiger partial charge in [-0.1, -0.05) is 48.8 Å². The highest BCUT2D eigenvalue weighted by Crippen LogP contribution is 2.20. The van der Waals surface area contributed by atoms with Crippen LogP contribution in [-0.4, -0.2) is 35.6 Å². The Kier molecular flexibility index (Phi) is 7.45. The van der Waals surface area contributed by atoms with Crippen molar-refractivity contribution in [2.24, 2.45) is 11.7 Å². The summed E-state index contributed by atoms with van der Waals surface area (Å²) in [7, 11) is 1.75. The Morgan fingerprint density at radius 3 is 2.50 bits per heavy atom. The highest BCUT2D eigenvalue weighted by molar-refractivity contribution is 5.92. The third-order valence-electron chi connectivity index (χ3n) is 4.07. The molecule has 1 heterocycles. The van der Waals surface area contributed by atoms with Crippen molar-refractivity contribution in [3.8, 4) is 11.3 Å². The molecule has 0 saturated heterocycles. The summed E-state index contributed by atoms with van der Waals surface area (Å²) in [6, 6.07) is 9.71. The molecule has 0 aliphatic heterocycles. The molecular formula is C18H26ClN3O2. The Balaban J connectivity index is 0.00000288. The number of hydrogen-bond acceptors (Lipinski definition) is 4. The molecule has 2 rings (SSSR count). The van der Waals surface area contributed by atoms with Crippen LogP contribution in [0.25, 0.3) is 11.3 Å². The van der Waals surface area contributed by atoms with Crippen LogP contribution >= 0.6 is 12.4 Å². The van der Waals surface area contributed by atoms with Gasteiger partial charge in [-0.3, -0.25) is 4.79 Å². The summed E-state index contributed by atoms with van der Waals surface area (Å²) in [6.07, 6.45) is 0.763. The van der Waals surface area contributed by atoms with Crippen molar-refractivity contribution in [3.05, 3.63) is 41.7 Å². The lowest BCUT2D eigenvalue weighted by molar-refractivity contribution is 0.0748. The molecule has 1 aromatic carbocycles. The Morgan fingerprint density at radius 2 is 1.92 bits per heavy atom. The van der Waals surface area contributed by atoms with Crippen LogP contribution in [0.3, 0.4) is 0 Å². The zero-order valence-corrected chi connectivity index (χ0v) is 15.5. The summed E-state index contributed by atoms with van der Waals surface area (Å²) < 4.78 is 5.21. The molecule has 24 heavy (non-hydrogen) atoms. The molecule has 0 aliphatic rings. The number of nitrogens with zero attached hydrogens (tertiary/aromatic N) is 2. The predicted molar refractivity (Wildman–Crippen MR) is 98.3 cm³/mol. The second-order valence-electron chi connectivity index (χ2n) is 6.37. The van der Waals surface area contributed by atoms with Crippen LogP contribution in [0.5, 0.6) is 0 Å². The first-order chi connectivity index (χ1) is 10.9. The molecule has 2 N–H and O–H groups in total. The van der Waals surface area contributed by atoms with Crippen molar-refractivity contribution < 1.29 is 9.32 Å². The van der Waals surface area contributed by atoms with E-state index in [1.807, 2.05) is 31.2 Å². The monoisotopic (exact) mass is 351 g/mol.